The highest BCUT2D eigenvalue weighted by Crippen LogP contribution is 2.31. The van der Waals surface area contributed by atoms with Crippen LogP contribution in [-0.4, -0.2) is 26.3 Å². The zero-order valence-electron chi connectivity index (χ0n) is 14.8. The molecule has 4 aromatic rings. The van der Waals surface area contributed by atoms with Gasteiger partial charge in [-0.05, 0) is 17.7 Å². The van der Waals surface area contributed by atoms with Crippen LogP contribution < -0.4 is 9.47 Å². The molecule has 0 aliphatic heterocycles. The van der Waals surface area contributed by atoms with Gasteiger partial charge in [0, 0.05) is 23.0 Å². The maximum Gasteiger partial charge on any atom is 0.197 e. The van der Waals surface area contributed by atoms with E-state index in [1.807, 2.05) is 10.8 Å². The Labute approximate surface area is 166 Å². The summed E-state index contributed by atoms with van der Waals surface area (Å²) in [6, 6.07) is 7.75. The third-order valence-corrected chi connectivity index (χ3v) is 5.93. The lowest BCUT2D eigenvalue weighted by atomic mass is 10.2. The van der Waals surface area contributed by atoms with E-state index in [9.17, 15) is 8.60 Å². The number of benzene rings is 1. The van der Waals surface area contributed by atoms with Crippen LogP contribution in [0.25, 0.3) is 11.0 Å². The lowest BCUT2D eigenvalue weighted by Gasteiger charge is -2.13. The fraction of sp³-hybridized carbons (Fsp3) is 0.158. The molecule has 1 aromatic carbocycles. The summed E-state index contributed by atoms with van der Waals surface area (Å²) < 4.78 is 37.0. The predicted molar refractivity (Wildman–Crippen MR) is 106 cm³/mol. The molecule has 0 fully saturated rings. The first-order valence-electron chi connectivity index (χ1n) is 8.33. The minimum Gasteiger partial charge on any atom is -0.491 e. The van der Waals surface area contributed by atoms with Crippen LogP contribution in [0.5, 0.6) is 11.5 Å². The fourth-order valence-electron chi connectivity index (χ4n) is 2.67. The molecule has 3 aromatic heterocycles. The van der Waals surface area contributed by atoms with Crippen molar-refractivity contribution in [2.75, 3.05) is 7.11 Å². The van der Waals surface area contributed by atoms with Crippen LogP contribution in [0, 0.1) is 5.82 Å². The van der Waals surface area contributed by atoms with E-state index in [0.717, 1.165) is 16.6 Å². The zero-order chi connectivity index (χ0) is 19.5. The summed E-state index contributed by atoms with van der Waals surface area (Å²) in [5.74, 6) is 0.739. The number of ether oxygens (including phenoxy) is 2. The summed E-state index contributed by atoms with van der Waals surface area (Å²) >= 11 is 1.53. The van der Waals surface area contributed by atoms with Crippen LogP contribution in [0.4, 0.5) is 4.39 Å². The van der Waals surface area contributed by atoms with E-state index in [-0.39, 0.29) is 18.2 Å². The maximum absolute atomic E-state index is 13.0. The Morgan fingerprint density at radius 3 is 2.79 bits per heavy atom. The van der Waals surface area contributed by atoms with Gasteiger partial charge in [-0.2, -0.15) is 0 Å². The number of H-pyrrole nitrogens is 1. The molecule has 1 unspecified atom stereocenters. The minimum atomic E-state index is -1.41. The van der Waals surface area contributed by atoms with E-state index in [0.29, 0.717) is 22.3 Å². The molecule has 1 N–H and O–H groups in total. The van der Waals surface area contributed by atoms with Gasteiger partial charge in [0.25, 0.3) is 0 Å². The van der Waals surface area contributed by atoms with E-state index < -0.39 is 10.8 Å². The van der Waals surface area contributed by atoms with Gasteiger partial charge in [0.2, 0.25) is 0 Å². The SMILES string of the molecule is COc1c(OCc2ccc(F)cc2)ccnc1CS(=O)c1nc2cscc2[nH]1. The van der Waals surface area contributed by atoms with Gasteiger partial charge in [0.05, 0.1) is 34.9 Å². The highest BCUT2D eigenvalue weighted by Gasteiger charge is 2.18. The second kappa shape index (κ2) is 8.07. The first-order valence-corrected chi connectivity index (χ1v) is 10.6. The van der Waals surface area contributed by atoms with Crippen molar-refractivity contribution >= 4 is 33.2 Å². The molecule has 0 saturated heterocycles. The Balaban J connectivity index is 1.52. The number of aromatic amines is 1. The number of hydrogen-bond acceptors (Lipinski definition) is 6. The molecule has 0 bridgehead atoms. The Morgan fingerprint density at radius 2 is 2.04 bits per heavy atom. The van der Waals surface area contributed by atoms with Crippen LogP contribution in [0.2, 0.25) is 0 Å². The molecule has 0 saturated carbocycles. The van der Waals surface area contributed by atoms with Crippen LogP contribution >= 0.6 is 11.3 Å². The van der Waals surface area contributed by atoms with Gasteiger partial charge in [0.1, 0.15) is 17.9 Å². The molecule has 1 atom stereocenters. The largest absolute Gasteiger partial charge is 0.491 e. The summed E-state index contributed by atoms with van der Waals surface area (Å²) in [5, 5.41) is 4.22. The molecule has 0 spiro atoms. The fourth-order valence-corrected chi connectivity index (χ4v) is 4.38. The minimum absolute atomic E-state index is 0.135. The van der Waals surface area contributed by atoms with Crippen molar-refractivity contribution in [3.63, 3.8) is 0 Å². The van der Waals surface area contributed by atoms with E-state index in [1.54, 1.807) is 24.4 Å². The van der Waals surface area contributed by atoms with Gasteiger partial charge < -0.3 is 14.5 Å². The molecule has 6 nitrogen and oxygen atoms in total. The van der Waals surface area contributed by atoms with Crippen molar-refractivity contribution in [2.45, 2.75) is 17.5 Å². The van der Waals surface area contributed by atoms with E-state index in [1.165, 1.54) is 30.6 Å². The van der Waals surface area contributed by atoms with Crippen LogP contribution in [-0.2, 0) is 23.2 Å². The number of fused-ring (bicyclic) bond motifs is 1. The molecule has 3 heterocycles. The summed E-state index contributed by atoms with van der Waals surface area (Å²) in [5.41, 5.74) is 2.99. The topological polar surface area (TPSA) is 77.1 Å². The second-order valence-electron chi connectivity index (χ2n) is 5.91. The average Bonchev–Trinajstić information content (AvgIpc) is 3.30. The summed E-state index contributed by atoms with van der Waals surface area (Å²) in [6.45, 7) is 0.247. The Morgan fingerprint density at radius 1 is 1.21 bits per heavy atom. The lowest BCUT2D eigenvalue weighted by Crippen LogP contribution is -2.05. The summed E-state index contributed by atoms with van der Waals surface area (Å²) in [6.07, 6.45) is 1.58. The number of rotatable bonds is 7. The molecular weight excluding hydrogens is 401 g/mol. The van der Waals surface area contributed by atoms with E-state index in [4.69, 9.17) is 9.47 Å². The Bertz CT molecular complexity index is 1100. The first kappa shape index (κ1) is 18.6. The highest BCUT2D eigenvalue weighted by atomic mass is 32.2. The molecule has 0 aliphatic carbocycles. The number of aromatic nitrogens is 3. The molecule has 0 amide bonds. The predicted octanol–water partition coefficient (Wildman–Crippen LogP) is 4.05. The number of halogens is 1. The smallest absolute Gasteiger partial charge is 0.197 e. The van der Waals surface area contributed by atoms with Crippen molar-refractivity contribution in [1.29, 1.82) is 0 Å². The normalized spacial score (nSPS) is 12.2. The van der Waals surface area contributed by atoms with Gasteiger partial charge >= 0.3 is 0 Å². The molecule has 144 valence electrons. The van der Waals surface area contributed by atoms with Gasteiger partial charge in [-0.15, -0.1) is 11.3 Å². The Hall–Kier alpha value is -2.78. The number of imidazole rings is 1. The van der Waals surface area contributed by atoms with E-state index in [2.05, 4.69) is 15.0 Å². The number of nitrogens with one attached hydrogen (secondary N) is 1. The molecule has 28 heavy (non-hydrogen) atoms. The molecule has 9 heteroatoms. The number of hydrogen-bond donors (Lipinski definition) is 1. The number of thiophene rings is 1. The number of nitrogens with zero attached hydrogens (tertiary/aromatic N) is 2. The quantitative estimate of drug-likeness (QED) is 0.491. The second-order valence-corrected chi connectivity index (χ2v) is 8.02. The lowest BCUT2D eigenvalue weighted by molar-refractivity contribution is 0.282. The van der Waals surface area contributed by atoms with Crippen molar-refractivity contribution < 1.29 is 18.1 Å². The molecule has 4 rings (SSSR count). The first-order chi connectivity index (χ1) is 13.6. The van der Waals surface area contributed by atoms with Crippen LogP contribution in [0.3, 0.4) is 0 Å². The molecule has 0 radical (unpaired) electrons. The number of methoxy groups -OCH3 is 1. The third-order valence-electron chi connectivity index (χ3n) is 4.04. The summed E-state index contributed by atoms with van der Waals surface area (Å²) in [4.78, 5) is 11.7. The zero-order valence-corrected chi connectivity index (χ0v) is 16.5. The standard InChI is InChI=1S/C19H16FN3O3S2/c1-25-18-16(11-28(24)19-22-14-9-27-10-15(14)23-19)21-7-6-17(18)26-8-12-2-4-13(20)5-3-12/h2-7,9-10H,8,11H2,1H3,(H,22,23). The van der Waals surface area contributed by atoms with Crippen molar-refractivity contribution in [3.8, 4) is 11.5 Å². The van der Waals surface area contributed by atoms with Crippen molar-refractivity contribution in [3.05, 3.63) is 64.4 Å². The Kier molecular flexibility index (Phi) is 5.36. The maximum atomic E-state index is 13.0. The summed E-state index contributed by atoms with van der Waals surface area (Å²) in [7, 11) is 0.101. The molecular formula is C19H16FN3O3S2. The van der Waals surface area contributed by atoms with Gasteiger partial charge in [-0.25, -0.2) is 9.37 Å². The van der Waals surface area contributed by atoms with E-state index >= 15 is 0 Å². The monoisotopic (exact) mass is 417 g/mol. The van der Waals surface area contributed by atoms with Gasteiger partial charge in [0.15, 0.2) is 16.7 Å². The highest BCUT2D eigenvalue weighted by molar-refractivity contribution is 7.84. The van der Waals surface area contributed by atoms with Crippen LogP contribution in [0.15, 0.2) is 52.4 Å². The van der Waals surface area contributed by atoms with Crippen molar-refractivity contribution in [2.24, 2.45) is 0 Å². The molecule has 0 aliphatic rings. The van der Waals surface area contributed by atoms with Gasteiger partial charge in [-0.1, -0.05) is 12.1 Å². The van der Waals surface area contributed by atoms with Crippen molar-refractivity contribution in [1.82, 2.24) is 15.0 Å². The number of pyridine rings is 1. The van der Waals surface area contributed by atoms with Gasteiger partial charge in [-0.3, -0.25) is 9.19 Å². The third kappa shape index (κ3) is 3.90. The average molecular weight is 417 g/mol. The van der Waals surface area contributed by atoms with Crippen LogP contribution in [0.1, 0.15) is 11.3 Å².